The molecule has 2 rings (SSSR count). The normalized spacial score (nSPS) is 12.2. The lowest BCUT2D eigenvalue weighted by Crippen LogP contribution is -2.42. The highest BCUT2D eigenvalue weighted by Gasteiger charge is 2.27. The molecule has 0 saturated carbocycles. The summed E-state index contributed by atoms with van der Waals surface area (Å²) in [6, 6.07) is 5.44. The smallest absolute Gasteiger partial charge is 0.255 e. The fraction of sp³-hybridized carbons (Fsp3) is 0.429. The second kappa shape index (κ2) is 9.50. The number of amides is 1. The maximum absolute atomic E-state index is 14.0. The Labute approximate surface area is 175 Å². The number of aromatic nitrogens is 2. The zero-order chi connectivity index (χ0) is 22.5. The molecule has 0 spiro atoms. The molecule has 2 aromatic rings. The van der Waals surface area contributed by atoms with E-state index in [0.29, 0.717) is 22.9 Å². The van der Waals surface area contributed by atoms with Gasteiger partial charge in [-0.15, -0.1) is 0 Å². The van der Waals surface area contributed by atoms with E-state index in [1.54, 1.807) is 12.1 Å². The van der Waals surface area contributed by atoms with Crippen LogP contribution in [0.3, 0.4) is 0 Å². The summed E-state index contributed by atoms with van der Waals surface area (Å²) in [7, 11) is 0. The number of nitrogens with zero attached hydrogens (tertiary/aromatic N) is 3. The number of carbonyl (C=O) groups is 1. The molecule has 0 aliphatic heterocycles. The average molecular weight is 414 g/mol. The van der Waals surface area contributed by atoms with E-state index in [1.807, 2.05) is 26.8 Å². The maximum atomic E-state index is 14.0. The van der Waals surface area contributed by atoms with Gasteiger partial charge in [-0.25, -0.2) is 14.4 Å². The van der Waals surface area contributed by atoms with Gasteiger partial charge >= 0.3 is 0 Å². The summed E-state index contributed by atoms with van der Waals surface area (Å²) >= 11 is 0. The molecule has 30 heavy (non-hydrogen) atoms. The first-order valence-electron chi connectivity index (χ1n) is 9.56. The van der Waals surface area contributed by atoms with Crippen molar-refractivity contribution in [1.29, 1.82) is 5.26 Å². The van der Waals surface area contributed by atoms with Gasteiger partial charge in [0, 0.05) is 24.5 Å². The molecule has 1 atom stereocenters. The SMILES string of the molecule is Cc1cc(C#N)cnc1Nc1cc(NC(C)C)c(C(=O)NCC(F)C(C)(C)O)cn1. The van der Waals surface area contributed by atoms with Crippen LogP contribution in [0.4, 0.5) is 21.7 Å². The monoisotopic (exact) mass is 414 g/mol. The molecule has 2 aromatic heterocycles. The number of alkyl halides is 1. The van der Waals surface area contributed by atoms with Crippen molar-refractivity contribution in [2.24, 2.45) is 0 Å². The highest BCUT2D eigenvalue weighted by molar-refractivity contribution is 5.99. The van der Waals surface area contributed by atoms with Gasteiger partial charge in [-0.05, 0) is 46.2 Å². The largest absolute Gasteiger partial charge is 0.387 e. The third-order valence-electron chi connectivity index (χ3n) is 4.25. The number of nitrogens with one attached hydrogen (secondary N) is 3. The lowest BCUT2D eigenvalue weighted by atomic mass is 10.0. The molecular weight excluding hydrogens is 387 g/mol. The van der Waals surface area contributed by atoms with E-state index < -0.39 is 17.7 Å². The number of nitriles is 1. The van der Waals surface area contributed by atoms with Gasteiger partial charge in [-0.2, -0.15) is 5.26 Å². The average Bonchev–Trinajstić information content (AvgIpc) is 2.66. The van der Waals surface area contributed by atoms with Crippen LogP contribution in [0.15, 0.2) is 24.5 Å². The molecule has 0 fully saturated rings. The molecule has 0 aliphatic rings. The van der Waals surface area contributed by atoms with Crippen LogP contribution in [0.5, 0.6) is 0 Å². The van der Waals surface area contributed by atoms with Gasteiger partial charge in [0.05, 0.1) is 29.0 Å². The van der Waals surface area contributed by atoms with Gasteiger partial charge in [0.15, 0.2) is 0 Å². The first-order valence-corrected chi connectivity index (χ1v) is 9.56. The Hall–Kier alpha value is -3.25. The summed E-state index contributed by atoms with van der Waals surface area (Å²) in [5, 5.41) is 27.4. The minimum atomic E-state index is -1.61. The van der Waals surface area contributed by atoms with Crippen molar-refractivity contribution in [1.82, 2.24) is 15.3 Å². The van der Waals surface area contributed by atoms with Crippen molar-refractivity contribution in [3.05, 3.63) is 41.2 Å². The van der Waals surface area contributed by atoms with Crippen LogP contribution in [-0.4, -0.2) is 45.3 Å². The number of rotatable bonds is 8. The van der Waals surface area contributed by atoms with E-state index in [2.05, 4.69) is 25.9 Å². The van der Waals surface area contributed by atoms with E-state index >= 15 is 0 Å². The second-order valence-corrected chi connectivity index (χ2v) is 7.87. The van der Waals surface area contributed by atoms with Crippen molar-refractivity contribution in [2.45, 2.75) is 52.4 Å². The first kappa shape index (κ1) is 23.0. The molecule has 8 nitrogen and oxygen atoms in total. The molecule has 0 bridgehead atoms. The Balaban J connectivity index is 2.24. The number of hydrogen-bond donors (Lipinski definition) is 4. The molecule has 160 valence electrons. The molecule has 2 heterocycles. The van der Waals surface area contributed by atoms with Crippen molar-refractivity contribution in [3.8, 4) is 6.07 Å². The molecule has 9 heteroatoms. The van der Waals surface area contributed by atoms with E-state index in [0.717, 1.165) is 5.56 Å². The van der Waals surface area contributed by atoms with Crippen LogP contribution in [0.2, 0.25) is 0 Å². The van der Waals surface area contributed by atoms with Crippen LogP contribution < -0.4 is 16.0 Å². The third kappa shape index (κ3) is 6.12. The summed E-state index contributed by atoms with van der Waals surface area (Å²) in [5.74, 6) is 0.492. The van der Waals surface area contributed by atoms with E-state index in [4.69, 9.17) is 5.26 Å². The van der Waals surface area contributed by atoms with Crippen molar-refractivity contribution < 1.29 is 14.3 Å². The van der Waals surface area contributed by atoms with Gasteiger partial charge in [0.2, 0.25) is 0 Å². The fourth-order valence-corrected chi connectivity index (χ4v) is 2.55. The summed E-state index contributed by atoms with van der Waals surface area (Å²) in [6.45, 7) is 8.04. The Morgan fingerprint density at radius 3 is 2.57 bits per heavy atom. The first-order chi connectivity index (χ1) is 14.0. The minimum Gasteiger partial charge on any atom is -0.387 e. The predicted octanol–water partition coefficient (Wildman–Crippen LogP) is 3.06. The summed E-state index contributed by atoms with van der Waals surface area (Å²) in [4.78, 5) is 21.1. The lowest BCUT2D eigenvalue weighted by molar-refractivity contribution is -0.00177. The van der Waals surface area contributed by atoms with Gasteiger partial charge in [-0.3, -0.25) is 4.79 Å². The van der Waals surface area contributed by atoms with Crippen LogP contribution in [-0.2, 0) is 0 Å². The number of hydrogen-bond acceptors (Lipinski definition) is 7. The van der Waals surface area contributed by atoms with Crippen LogP contribution in [0, 0.1) is 18.3 Å². The van der Waals surface area contributed by atoms with E-state index in [9.17, 15) is 14.3 Å². The Morgan fingerprint density at radius 1 is 1.30 bits per heavy atom. The number of aryl methyl sites for hydroxylation is 1. The molecular formula is C21H27FN6O2. The Bertz CT molecular complexity index is 949. The van der Waals surface area contributed by atoms with E-state index in [-0.39, 0.29) is 18.2 Å². The zero-order valence-electron chi connectivity index (χ0n) is 17.7. The molecule has 0 aromatic carbocycles. The van der Waals surface area contributed by atoms with Crippen molar-refractivity contribution in [3.63, 3.8) is 0 Å². The highest BCUT2D eigenvalue weighted by atomic mass is 19.1. The lowest BCUT2D eigenvalue weighted by Gasteiger charge is -2.23. The highest BCUT2D eigenvalue weighted by Crippen LogP contribution is 2.23. The molecule has 1 amide bonds. The summed E-state index contributed by atoms with van der Waals surface area (Å²) in [5.41, 5.74) is 0.449. The third-order valence-corrected chi connectivity index (χ3v) is 4.25. The quantitative estimate of drug-likeness (QED) is 0.523. The van der Waals surface area contributed by atoms with Crippen molar-refractivity contribution >= 4 is 23.2 Å². The molecule has 1 unspecified atom stereocenters. The Morgan fingerprint density at radius 2 is 2.00 bits per heavy atom. The number of carbonyl (C=O) groups excluding carboxylic acids is 1. The number of halogens is 1. The van der Waals surface area contributed by atoms with Crippen LogP contribution in [0.25, 0.3) is 0 Å². The van der Waals surface area contributed by atoms with Gasteiger partial charge in [0.25, 0.3) is 5.91 Å². The molecule has 4 N–H and O–H groups in total. The van der Waals surface area contributed by atoms with Gasteiger partial charge < -0.3 is 21.1 Å². The Kier molecular flexibility index (Phi) is 7.29. The number of aliphatic hydroxyl groups is 1. The molecule has 0 radical (unpaired) electrons. The van der Waals surface area contributed by atoms with Crippen molar-refractivity contribution in [2.75, 3.05) is 17.2 Å². The maximum Gasteiger partial charge on any atom is 0.255 e. The number of anilines is 3. The van der Waals surface area contributed by atoms with Crippen LogP contribution >= 0.6 is 0 Å². The van der Waals surface area contributed by atoms with E-state index in [1.165, 1.54) is 26.2 Å². The predicted molar refractivity (Wildman–Crippen MR) is 113 cm³/mol. The minimum absolute atomic E-state index is 0.0341. The second-order valence-electron chi connectivity index (χ2n) is 7.87. The number of pyridine rings is 2. The molecule has 0 saturated heterocycles. The summed E-state index contributed by atoms with van der Waals surface area (Å²) in [6.07, 6.45) is 1.24. The molecule has 0 aliphatic carbocycles. The fourth-order valence-electron chi connectivity index (χ4n) is 2.55. The summed E-state index contributed by atoms with van der Waals surface area (Å²) < 4.78 is 14.0. The van der Waals surface area contributed by atoms with Gasteiger partial charge in [-0.1, -0.05) is 0 Å². The van der Waals surface area contributed by atoms with Crippen LogP contribution in [0.1, 0.15) is 49.2 Å². The topological polar surface area (TPSA) is 123 Å². The zero-order valence-corrected chi connectivity index (χ0v) is 17.7. The van der Waals surface area contributed by atoms with Gasteiger partial charge in [0.1, 0.15) is 23.9 Å². The standard InChI is InChI=1S/C21H27FN6O2/c1-12(2)27-16-7-18(28-19-13(3)6-14(8-23)9-25-19)24-10-15(16)20(29)26-11-17(22)21(4,5)30/h6-7,9-10,12,17,30H,11H2,1-5H3,(H,26,29)(H2,24,25,27,28).